The Kier molecular flexibility index (Phi) is 6.02. The van der Waals surface area contributed by atoms with Gasteiger partial charge in [-0.2, -0.15) is 0 Å². The van der Waals surface area contributed by atoms with E-state index in [0.29, 0.717) is 19.5 Å². The zero-order chi connectivity index (χ0) is 17.6. The van der Waals surface area contributed by atoms with Gasteiger partial charge in [-0.05, 0) is 35.6 Å². The maximum absolute atomic E-state index is 11.9. The zero-order valence-electron chi connectivity index (χ0n) is 15.1. The summed E-state index contributed by atoms with van der Waals surface area (Å²) in [6.07, 6.45) is 0.465. The Morgan fingerprint density at radius 2 is 1.58 bits per heavy atom. The van der Waals surface area contributed by atoms with Gasteiger partial charge in [-0.3, -0.25) is 4.79 Å². The number of carbonyl (C=O) groups is 1. The van der Waals surface area contributed by atoms with E-state index >= 15 is 0 Å². The summed E-state index contributed by atoms with van der Waals surface area (Å²) in [4.78, 5) is 11.9. The Morgan fingerprint density at radius 1 is 0.958 bits per heavy atom. The lowest BCUT2D eigenvalue weighted by atomic mass is 9.87. The van der Waals surface area contributed by atoms with Gasteiger partial charge in [0.2, 0.25) is 5.91 Å². The zero-order valence-corrected chi connectivity index (χ0v) is 15.1. The number of amides is 1. The average molecular weight is 324 g/mol. The quantitative estimate of drug-likeness (QED) is 0.826. The number of benzene rings is 2. The van der Waals surface area contributed by atoms with E-state index in [-0.39, 0.29) is 11.3 Å². The van der Waals surface area contributed by atoms with Crippen LogP contribution in [0.25, 0.3) is 0 Å². The topological polar surface area (TPSA) is 41.1 Å². The van der Waals surface area contributed by atoms with Gasteiger partial charge in [0.25, 0.3) is 0 Å². The van der Waals surface area contributed by atoms with Crippen molar-refractivity contribution in [3.05, 3.63) is 65.2 Å². The summed E-state index contributed by atoms with van der Waals surface area (Å²) in [6, 6.07) is 16.6. The SMILES string of the molecule is Cc1ccc(CNC(=O)CCNc2ccc(C(C)(C)C)cc2)cc1. The molecule has 2 aromatic rings. The fourth-order valence-corrected chi connectivity index (χ4v) is 2.40. The van der Waals surface area contributed by atoms with E-state index in [4.69, 9.17) is 0 Å². The Bertz CT molecular complexity index is 652. The minimum atomic E-state index is 0.0642. The first-order valence-corrected chi connectivity index (χ1v) is 8.51. The highest BCUT2D eigenvalue weighted by Crippen LogP contribution is 2.23. The van der Waals surface area contributed by atoms with Crippen LogP contribution in [0.15, 0.2) is 48.5 Å². The van der Waals surface area contributed by atoms with E-state index in [1.54, 1.807) is 0 Å². The molecule has 2 aromatic carbocycles. The lowest BCUT2D eigenvalue weighted by Crippen LogP contribution is -2.24. The van der Waals surface area contributed by atoms with E-state index in [0.717, 1.165) is 11.3 Å². The summed E-state index contributed by atoms with van der Waals surface area (Å²) >= 11 is 0. The second kappa shape index (κ2) is 8.00. The van der Waals surface area contributed by atoms with Gasteiger partial charge in [0, 0.05) is 25.2 Å². The first kappa shape index (κ1) is 18.1. The number of nitrogens with one attached hydrogen (secondary N) is 2. The number of anilines is 1. The number of carbonyl (C=O) groups excluding carboxylic acids is 1. The Labute approximate surface area is 145 Å². The predicted molar refractivity (Wildman–Crippen MR) is 101 cm³/mol. The van der Waals surface area contributed by atoms with Crippen LogP contribution in [0.5, 0.6) is 0 Å². The lowest BCUT2D eigenvalue weighted by Gasteiger charge is -2.19. The van der Waals surface area contributed by atoms with Crippen molar-refractivity contribution < 1.29 is 4.79 Å². The molecule has 0 atom stereocenters. The molecule has 1 amide bonds. The Hall–Kier alpha value is -2.29. The van der Waals surface area contributed by atoms with Crippen molar-refractivity contribution in [3.8, 4) is 0 Å². The summed E-state index contributed by atoms with van der Waals surface area (Å²) in [5, 5.41) is 6.25. The third-order valence-corrected chi connectivity index (χ3v) is 4.04. The molecular formula is C21H28N2O. The molecule has 0 saturated carbocycles. The standard InChI is InChI=1S/C21H28N2O/c1-16-5-7-17(8-6-16)15-23-20(24)13-14-22-19-11-9-18(10-12-19)21(2,3)4/h5-12,22H,13-15H2,1-4H3,(H,23,24). The van der Waals surface area contributed by atoms with E-state index in [1.165, 1.54) is 11.1 Å². The monoisotopic (exact) mass is 324 g/mol. The van der Waals surface area contributed by atoms with Crippen LogP contribution < -0.4 is 10.6 Å². The number of hydrogen-bond acceptors (Lipinski definition) is 2. The molecular weight excluding hydrogens is 296 g/mol. The van der Waals surface area contributed by atoms with Crippen molar-refractivity contribution in [2.45, 2.75) is 46.1 Å². The van der Waals surface area contributed by atoms with E-state index in [9.17, 15) is 4.79 Å². The van der Waals surface area contributed by atoms with Crippen molar-refractivity contribution in [3.63, 3.8) is 0 Å². The second-order valence-electron chi connectivity index (χ2n) is 7.27. The third-order valence-electron chi connectivity index (χ3n) is 4.04. The van der Waals surface area contributed by atoms with Crippen LogP contribution in [-0.2, 0) is 16.8 Å². The number of hydrogen-bond donors (Lipinski definition) is 2. The molecule has 24 heavy (non-hydrogen) atoms. The first-order valence-electron chi connectivity index (χ1n) is 8.51. The fourth-order valence-electron chi connectivity index (χ4n) is 2.40. The molecule has 3 heteroatoms. The summed E-state index contributed by atoms with van der Waals surface area (Å²) in [5.41, 5.74) is 4.87. The van der Waals surface area contributed by atoms with Crippen LogP contribution >= 0.6 is 0 Å². The van der Waals surface area contributed by atoms with Gasteiger partial charge in [0.05, 0.1) is 0 Å². The van der Waals surface area contributed by atoms with Crippen LogP contribution in [0.4, 0.5) is 5.69 Å². The van der Waals surface area contributed by atoms with Crippen molar-refractivity contribution in [2.75, 3.05) is 11.9 Å². The van der Waals surface area contributed by atoms with Crippen LogP contribution in [-0.4, -0.2) is 12.5 Å². The van der Waals surface area contributed by atoms with Gasteiger partial charge in [-0.15, -0.1) is 0 Å². The van der Waals surface area contributed by atoms with Gasteiger partial charge in [-0.25, -0.2) is 0 Å². The molecule has 0 unspecified atom stereocenters. The highest BCUT2D eigenvalue weighted by Gasteiger charge is 2.12. The summed E-state index contributed by atoms with van der Waals surface area (Å²) in [6.45, 7) is 9.88. The second-order valence-corrected chi connectivity index (χ2v) is 7.27. The number of rotatable bonds is 6. The Balaban J connectivity index is 1.71. The van der Waals surface area contributed by atoms with E-state index < -0.39 is 0 Å². The normalized spacial score (nSPS) is 11.2. The largest absolute Gasteiger partial charge is 0.385 e. The van der Waals surface area contributed by atoms with Crippen molar-refractivity contribution in [1.82, 2.24) is 5.32 Å². The van der Waals surface area contributed by atoms with Crippen LogP contribution in [0.3, 0.4) is 0 Å². The van der Waals surface area contributed by atoms with Crippen molar-refractivity contribution >= 4 is 11.6 Å². The van der Waals surface area contributed by atoms with E-state index in [1.807, 2.05) is 12.1 Å². The van der Waals surface area contributed by atoms with Crippen LogP contribution in [0.1, 0.15) is 43.9 Å². The number of aryl methyl sites for hydroxylation is 1. The molecule has 0 aliphatic rings. The molecule has 3 nitrogen and oxygen atoms in total. The fraction of sp³-hybridized carbons (Fsp3) is 0.381. The predicted octanol–water partition coefficient (Wildman–Crippen LogP) is 4.41. The summed E-state index contributed by atoms with van der Waals surface area (Å²) in [5.74, 6) is 0.0642. The van der Waals surface area contributed by atoms with Crippen LogP contribution in [0.2, 0.25) is 0 Å². The molecule has 0 heterocycles. The summed E-state index contributed by atoms with van der Waals surface area (Å²) < 4.78 is 0. The van der Waals surface area contributed by atoms with Gasteiger partial charge >= 0.3 is 0 Å². The maximum Gasteiger partial charge on any atom is 0.222 e. The molecule has 2 rings (SSSR count). The molecule has 2 N–H and O–H groups in total. The van der Waals surface area contributed by atoms with Gasteiger partial charge in [-0.1, -0.05) is 62.7 Å². The molecule has 0 spiro atoms. The van der Waals surface area contributed by atoms with E-state index in [2.05, 4.69) is 74.7 Å². The smallest absolute Gasteiger partial charge is 0.222 e. The molecule has 0 fully saturated rings. The Morgan fingerprint density at radius 3 is 2.17 bits per heavy atom. The minimum absolute atomic E-state index is 0.0642. The molecule has 0 aliphatic heterocycles. The molecule has 0 radical (unpaired) electrons. The molecule has 0 saturated heterocycles. The summed E-state index contributed by atoms with van der Waals surface area (Å²) in [7, 11) is 0. The maximum atomic E-state index is 11.9. The molecule has 0 bridgehead atoms. The lowest BCUT2D eigenvalue weighted by molar-refractivity contribution is -0.121. The van der Waals surface area contributed by atoms with Gasteiger partial charge in [0.1, 0.15) is 0 Å². The van der Waals surface area contributed by atoms with Gasteiger partial charge < -0.3 is 10.6 Å². The van der Waals surface area contributed by atoms with Crippen molar-refractivity contribution in [2.24, 2.45) is 0 Å². The highest BCUT2D eigenvalue weighted by molar-refractivity contribution is 5.76. The molecule has 128 valence electrons. The third kappa shape index (κ3) is 5.73. The molecule has 0 aliphatic carbocycles. The molecule has 0 aromatic heterocycles. The van der Waals surface area contributed by atoms with Gasteiger partial charge in [0.15, 0.2) is 0 Å². The van der Waals surface area contributed by atoms with Crippen molar-refractivity contribution in [1.29, 1.82) is 0 Å². The first-order chi connectivity index (χ1) is 11.3. The average Bonchev–Trinajstić information content (AvgIpc) is 2.54. The van der Waals surface area contributed by atoms with Crippen LogP contribution in [0, 0.1) is 6.92 Å². The minimum Gasteiger partial charge on any atom is -0.385 e. The highest BCUT2D eigenvalue weighted by atomic mass is 16.1.